The molecule has 0 radical (unpaired) electrons. The van der Waals surface area contributed by atoms with Gasteiger partial charge in [-0.2, -0.15) is 0 Å². The monoisotopic (exact) mass is 389 g/mol. The number of hydrogen-bond acceptors (Lipinski definition) is 4. The zero-order valence-electron chi connectivity index (χ0n) is 13.6. The summed E-state index contributed by atoms with van der Waals surface area (Å²) in [4.78, 5) is 11.9. The van der Waals surface area contributed by atoms with E-state index in [0.29, 0.717) is 29.7 Å². The summed E-state index contributed by atoms with van der Waals surface area (Å²) in [5, 5.41) is 3.74. The Kier molecular flexibility index (Phi) is 5.93. The first-order valence-electron chi connectivity index (χ1n) is 7.80. The first kappa shape index (κ1) is 18.0. The van der Waals surface area contributed by atoms with Crippen molar-refractivity contribution in [2.75, 3.05) is 18.5 Å². The molecule has 0 saturated carbocycles. The van der Waals surface area contributed by atoms with Crippen LogP contribution in [0.1, 0.15) is 5.56 Å². The van der Waals surface area contributed by atoms with E-state index in [1.165, 1.54) is 6.08 Å². The van der Waals surface area contributed by atoms with E-state index in [0.717, 1.165) is 11.3 Å². The van der Waals surface area contributed by atoms with Gasteiger partial charge in [-0.05, 0) is 54.2 Å². The summed E-state index contributed by atoms with van der Waals surface area (Å²) in [6.45, 7) is 1.06. The molecule has 2 aromatic rings. The largest absolute Gasteiger partial charge is 0.486 e. The molecule has 0 aliphatic carbocycles. The maximum atomic E-state index is 11.9. The van der Waals surface area contributed by atoms with Crippen molar-refractivity contribution in [2.24, 2.45) is 0 Å². The van der Waals surface area contributed by atoms with Gasteiger partial charge in [0.2, 0.25) is 0 Å². The summed E-state index contributed by atoms with van der Waals surface area (Å²) in [5.74, 6) is 1.02. The van der Waals surface area contributed by atoms with Crippen LogP contribution in [0.4, 0.5) is 5.69 Å². The summed E-state index contributed by atoms with van der Waals surface area (Å²) in [6.07, 6.45) is 3.06. The summed E-state index contributed by atoms with van der Waals surface area (Å²) in [6, 6.07) is 12.6. The molecule has 1 aliphatic rings. The fourth-order valence-electron chi connectivity index (χ4n) is 2.22. The second kappa shape index (κ2) is 8.55. The molecule has 6 nitrogen and oxygen atoms in total. The zero-order valence-corrected chi connectivity index (χ0v) is 15.2. The third kappa shape index (κ3) is 5.11. The van der Waals surface area contributed by atoms with Gasteiger partial charge in [0.25, 0.3) is 5.91 Å². The molecule has 134 valence electrons. The first-order chi connectivity index (χ1) is 12.6. The zero-order chi connectivity index (χ0) is 18.4. The number of halogens is 1. The Bertz CT molecular complexity index is 857. The highest BCUT2D eigenvalue weighted by molar-refractivity contribution is 7.80. The molecule has 0 atom stereocenters. The lowest BCUT2D eigenvalue weighted by atomic mass is 10.2. The maximum Gasteiger partial charge on any atom is 0.262 e. The SMILES string of the molecule is O=C(/C=C/c1ccc2c(c1)OCCO2)NNC(=S)Nc1cccc(Cl)c1. The average molecular weight is 390 g/mol. The predicted octanol–water partition coefficient (Wildman–Crippen LogP) is 3.14. The van der Waals surface area contributed by atoms with E-state index in [-0.39, 0.29) is 11.0 Å². The molecule has 1 heterocycles. The van der Waals surface area contributed by atoms with Crippen molar-refractivity contribution in [1.29, 1.82) is 0 Å². The molecule has 3 N–H and O–H groups in total. The number of nitrogens with one attached hydrogen (secondary N) is 3. The topological polar surface area (TPSA) is 71.6 Å². The minimum atomic E-state index is -0.352. The van der Waals surface area contributed by atoms with Crippen molar-refractivity contribution >= 4 is 46.6 Å². The molecule has 0 bridgehead atoms. The highest BCUT2D eigenvalue weighted by Crippen LogP contribution is 2.31. The lowest BCUT2D eigenvalue weighted by Gasteiger charge is -2.18. The smallest absolute Gasteiger partial charge is 0.262 e. The van der Waals surface area contributed by atoms with Crippen molar-refractivity contribution in [2.45, 2.75) is 0 Å². The minimum Gasteiger partial charge on any atom is -0.486 e. The minimum absolute atomic E-state index is 0.244. The van der Waals surface area contributed by atoms with Gasteiger partial charge in [0.05, 0.1) is 0 Å². The van der Waals surface area contributed by atoms with E-state index in [1.54, 1.807) is 24.3 Å². The third-order valence-electron chi connectivity index (χ3n) is 3.38. The summed E-state index contributed by atoms with van der Waals surface area (Å²) >= 11 is 11.0. The number of ether oxygens (including phenoxy) is 2. The van der Waals surface area contributed by atoms with E-state index in [2.05, 4.69) is 16.2 Å². The van der Waals surface area contributed by atoms with Gasteiger partial charge >= 0.3 is 0 Å². The van der Waals surface area contributed by atoms with Crippen molar-refractivity contribution in [3.63, 3.8) is 0 Å². The molecule has 8 heteroatoms. The van der Waals surface area contributed by atoms with E-state index in [9.17, 15) is 4.79 Å². The molecule has 2 aromatic carbocycles. The Hall–Kier alpha value is -2.77. The van der Waals surface area contributed by atoms with E-state index in [1.807, 2.05) is 24.3 Å². The molecule has 0 aromatic heterocycles. The number of rotatable bonds is 3. The molecule has 0 spiro atoms. The number of carbonyl (C=O) groups is 1. The normalized spacial score (nSPS) is 12.5. The van der Waals surface area contributed by atoms with Gasteiger partial charge in [0, 0.05) is 16.8 Å². The number of fused-ring (bicyclic) bond motifs is 1. The number of hydrogen-bond donors (Lipinski definition) is 3. The molecule has 0 saturated heterocycles. The fourth-order valence-corrected chi connectivity index (χ4v) is 2.58. The van der Waals surface area contributed by atoms with Gasteiger partial charge in [-0.25, -0.2) is 0 Å². The van der Waals surface area contributed by atoms with Crippen LogP contribution >= 0.6 is 23.8 Å². The van der Waals surface area contributed by atoms with Gasteiger partial charge in [0.15, 0.2) is 16.6 Å². The molecule has 1 amide bonds. The van der Waals surface area contributed by atoms with Gasteiger partial charge < -0.3 is 14.8 Å². The van der Waals surface area contributed by atoms with Crippen LogP contribution in [0.2, 0.25) is 5.02 Å². The van der Waals surface area contributed by atoms with Crippen LogP contribution in [0.5, 0.6) is 11.5 Å². The van der Waals surface area contributed by atoms with Gasteiger partial charge in [-0.3, -0.25) is 15.6 Å². The Morgan fingerprint density at radius 1 is 1.08 bits per heavy atom. The van der Waals surface area contributed by atoms with E-state index in [4.69, 9.17) is 33.3 Å². The maximum absolute atomic E-state index is 11.9. The molecule has 26 heavy (non-hydrogen) atoms. The molecule has 0 fully saturated rings. The van der Waals surface area contributed by atoms with Crippen LogP contribution in [0, 0.1) is 0 Å². The number of carbonyl (C=O) groups excluding carboxylic acids is 1. The first-order valence-corrected chi connectivity index (χ1v) is 8.59. The van der Waals surface area contributed by atoms with E-state index < -0.39 is 0 Å². The molecule has 3 rings (SSSR count). The molecule has 0 unspecified atom stereocenters. The van der Waals surface area contributed by atoms with Crippen LogP contribution in [0.15, 0.2) is 48.5 Å². The lowest BCUT2D eigenvalue weighted by Crippen LogP contribution is -2.43. The standard InChI is InChI=1S/C18H16ClN3O3S/c19-13-2-1-3-14(11-13)20-18(26)22-21-17(23)7-5-12-4-6-15-16(10-12)25-9-8-24-15/h1-7,10-11H,8-9H2,(H,21,23)(H2,20,22,26)/b7-5+. The second-order valence-electron chi connectivity index (χ2n) is 5.32. The van der Waals surface area contributed by atoms with Gasteiger partial charge in [-0.15, -0.1) is 0 Å². The van der Waals surface area contributed by atoms with Crippen LogP contribution in [0.25, 0.3) is 6.08 Å². The predicted molar refractivity (Wildman–Crippen MR) is 105 cm³/mol. The average Bonchev–Trinajstić information content (AvgIpc) is 2.64. The van der Waals surface area contributed by atoms with Crippen molar-refractivity contribution in [3.8, 4) is 11.5 Å². The number of thiocarbonyl (C=S) groups is 1. The summed E-state index contributed by atoms with van der Waals surface area (Å²) < 4.78 is 11.0. The number of benzene rings is 2. The highest BCUT2D eigenvalue weighted by atomic mass is 35.5. The summed E-state index contributed by atoms with van der Waals surface area (Å²) in [5.41, 5.74) is 6.64. The van der Waals surface area contributed by atoms with Crippen LogP contribution in [0.3, 0.4) is 0 Å². The van der Waals surface area contributed by atoms with Crippen molar-refractivity contribution in [3.05, 3.63) is 59.1 Å². The van der Waals surface area contributed by atoms with E-state index >= 15 is 0 Å². The quantitative estimate of drug-likeness (QED) is 0.425. The van der Waals surface area contributed by atoms with Crippen molar-refractivity contribution < 1.29 is 14.3 Å². The number of amides is 1. The summed E-state index contributed by atoms with van der Waals surface area (Å²) in [7, 11) is 0. The Morgan fingerprint density at radius 3 is 2.69 bits per heavy atom. The molecular formula is C18H16ClN3O3S. The van der Waals surface area contributed by atoms with Crippen LogP contribution in [-0.4, -0.2) is 24.2 Å². The second-order valence-corrected chi connectivity index (χ2v) is 6.16. The van der Waals surface area contributed by atoms with Crippen molar-refractivity contribution in [1.82, 2.24) is 10.9 Å². The Labute approximate surface area is 161 Å². The number of hydrazine groups is 1. The fraction of sp³-hybridized carbons (Fsp3) is 0.111. The molecule has 1 aliphatic heterocycles. The number of anilines is 1. The highest BCUT2D eigenvalue weighted by Gasteiger charge is 2.10. The Morgan fingerprint density at radius 2 is 1.88 bits per heavy atom. The Balaban J connectivity index is 1.49. The van der Waals surface area contributed by atoms with Gasteiger partial charge in [0.1, 0.15) is 13.2 Å². The van der Waals surface area contributed by atoms with Crippen LogP contribution in [-0.2, 0) is 4.79 Å². The van der Waals surface area contributed by atoms with Gasteiger partial charge in [-0.1, -0.05) is 23.7 Å². The molecular weight excluding hydrogens is 374 g/mol. The van der Waals surface area contributed by atoms with Crippen LogP contribution < -0.4 is 25.6 Å². The third-order valence-corrected chi connectivity index (χ3v) is 3.81. The lowest BCUT2D eigenvalue weighted by molar-refractivity contribution is -0.116.